The standard InChI is InChI=1S/C33H29FP/c34-30-24-23-28(22-21-27-13-5-1-6-14-27)29(25-30)26-35(31-15-7-2-8-16-31,32-17-9-3-10-18-32)33-19-11-4-12-20-33/h1-20,23-25H,21-22,26H2/q+1. The Morgan fingerprint density at radius 1 is 0.457 bits per heavy atom. The van der Waals surface area contributed by atoms with Crippen LogP contribution in [-0.2, 0) is 19.0 Å². The third-order valence-corrected chi connectivity index (χ3v) is 11.0. The molecule has 0 saturated carbocycles. The van der Waals surface area contributed by atoms with Gasteiger partial charge in [-0.1, -0.05) is 91.0 Å². The molecule has 0 aromatic heterocycles. The molecule has 0 bridgehead atoms. The van der Waals surface area contributed by atoms with Gasteiger partial charge in [0.25, 0.3) is 0 Å². The predicted molar refractivity (Wildman–Crippen MR) is 149 cm³/mol. The van der Waals surface area contributed by atoms with Crippen LogP contribution < -0.4 is 15.9 Å². The maximum atomic E-state index is 14.7. The molecule has 5 aromatic rings. The maximum Gasteiger partial charge on any atom is 0.123 e. The normalized spacial score (nSPS) is 11.3. The van der Waals surface area contributed by atoms with E-state index >= 15 is 0 Å². The topological polar surface area (TPSA) is 0 Å². The van der Waals surface area contributed by atoms with Gasteiger partial charge in [0.1, 0.15) is 29.0 Å². The van der Waals surface area contributed by atoms with E-state index in [-0.39, 0.29) is 5.82 Å². The average Bonchev–Trinajstić information content (AvgIpc) is 2.93. The van der Waals surface area contributed by atoms with Crippen LogP contribution in [0.25, 0.3) is 0 Å². The van der Waals surface area contributed by atoms with Gasteiger partial charge in [0.15, 0.2) is 0 Å². The van der Waals surface area contributed by atoms with Gasteiger partial charge in [-0.25, -0.2) is 4.39 Å². The first-order valence-corrected chi connectivity index (χ1v) is 14.1. The Hall–Kier alpha value is -3.54. The third-order valence-electron chi connectivity index (χ3n) is 6.69. The van der Waals surface area contributed by atoms with Gasteiger partial charge in [0.05, 0.1) is 6.16 Å². The van der Waals surface area contributed by atoms with Crippen molar-refractivity contribution in [2.75, 3.05) is 0 Å². The van der Waals surface area contributed by atoms with Gasteiger partial charge in [0, 0.05) is 0 Å². The first-order valence-electron chi connectivity index (χ1n) is 12.1. The molecule has 0 heterocycles. The number of halogens is 1. The predicted octanol–water partition coefficient (Wildman–Crippen LogP) is 7.11. The Morgan fingerprint density at radius 2 is 0.914 bits per heavy atom. The van der Waals surface area contributed by atoms with E-state index < -0.39 is 7.26 Å². The molecule has 0 aliphatic heterocycles. The molecule has 172 valence electrons. The monoisotopic (exact) mass is 475 g/mol. The van der Waals surface area contributed by atoms with Crippen molar-refractivity contribution < 1.29 is 4.39 Å². The van der Waals surface area contributed by atoms with Crippen LogP contribution in [0.2, 0.25) is 0 Å². The number of hydrogen-bond donors (Lipinski definition) is 0. The van der Waals surface area contributed by atoms with E-state index in [9.17, 15) is 4.39 Å². The van der Waals surface area contributed by atoms with Crippen molar-refractivity contribution in [2.45, 2.75) is 19.0 Å². The second-order valence-electron chi connectivity index (χ2n) is 8.87. The zero-order valence-electron chi connectivity index (χ0n) is 19.7. The van der Waals surface area contributed by atoms with Gasteiger partial charge in [-0.2, -0.15) is 0 Å². The largest absolute Gasteiger partial charge is 0.207 e. The van der Waals surface area contributed by atoms with Crippen molar-refractivity contribution in [2.24, 2.45) is 0 Å². The summed E-state index contributed by atoms with van der Waals surface area (Å²) in [5.74, 6) is -0.171. The Kier molecular flexibility index (Phi) is 7.17. The molecule has 0 saturated heterocycles. The van der Waals surface area contributed by atoms with Gasteiger partial charge >= 0.3 is 0 Å². The second kappa shape index (κ2) is 10.8. The van der Waals surface area contributed by atoms with Gasteiger partial charge in [-0.05, 0) is 78.1 Å². The van der Waals surface area contributed by atoms with Crippen molar-refractivity contribution in [3.63, 3.8) is 0 Å². The van der Waals surface area contributed by atoms with Crippen LogP contribution >= 0.6 is 7.26 Å². The van der Waals surface area contributed by atoms with Crippen LogP contribution in [0.3, 0.4) is 0 Å². The SMILES string of the molecule is Fc1ccc(CCc2ccccc2)c(C[P+](c2ccccc2)(c2ccccc2)c2ccccc2)c1. The van der Waals surface area contributed by atoms with Crippen molar-refractivity contribution in [3.05, 3.63) is 162 Å². The molecule has 0 nitrogen and oxygen atoms in total. The highest BCUT2D eigenvalue weighted by Gasteiger charge is 2.45. The van der Waals surface area contributed by atoms with Crippen molar-refractivity contribution >= 4 is 23.2 Å². The number of benzene rings is 5. The van der Waals surface area contributed by atoms with E-state index in [0.29, 0.717) is 0 Å². The number of hydrogen-bond acceptors (Lipinski definition) is 0. The first kappa shape index (κ1) is 23.2. The summed E-state index contributed by atoms with van der Waals surface area (Å²) in [6, 6.07) is 48.3. The summed E-state index contributed by atoms with van der Waals surface area (Å²) < 4.78 is 14.7. The van der Waals surface area contributed by atoms with Gasteiger partial charge in [0.2, 0.25) is 0 Å². The smallest absolute Gasteiger partial charge is 0.123 e. The van der Waals surface area contributed by atoms with E-state index in [1.165, 1.54) is 27.0 Å². The molecular formula is C33H29FP+. The molecule has 0 spiro atoms. The van der Waals surface area contributed by atoms with Crippen molar-refractivity contribution in [3.8, 4) is 0 Å². The molecule has 0 amide bonds. The van der Waals surface area contributed by atoms with E-state index in [2.05, 4.69) is 115 Å². The summed E-state index contributed by atoms with van der Waals surface area (Å²) >= 11 is 0. The number of aryl methyl sites for hydroxylation is 2. The molecule has 5 rings (SSSR count). The second-order valence-corrected chi connectivity index (χ2v) is 12.4. The first-order chi connectivity index (χ1) is 17.3. The highest BCUT2D eigenvalue weighted by molar-refractivity contribution is 7.95. The lowest BCUT2D eigenvalue weighted by Crippen LogP contribution is -2.32. The van der Waals surface area contributed by atoms with Gasteiger partial charge in [-0.15, -0.1) is 0 Å². The van der Waals surface area contributed by atoms with Crippen LogP contribution in [0.5, 0.6) is 0 Å². The van der Waals surface area contributed by atoms with Crippen LogP contribution in [0.15, 0.2) is 140 Å². The van der Waals surface area contributed by atoms with Gasteiger partial charge < -0.3 is 0 Å². The van der Waals surface area contributed by atoms with Crippen LogP contribution in [0.4, 0.5) is 4.39 Å². The Labute approximate surface area is 208 Å². The summed E-state index contributed by atoms with van der Waals surface area (Å²) in [5.41, 5.74) is 3.63. The summed E-state index contributed by atoms with van der Waals surface area (Å²) in [7, 11) is -2.08. The van der Waals surface area contributed by atoms with E-state index in [1.54, 1.807) is 12.1 Å². The average molecular weight is 476 g/mol. The van der Waals surface area contributed by atoms with Crippen LogP contribution in [0, 0.1) is 5.82 Å². The highest BCUT2D eigenvalue weighted by Crippen LogP contribution is 2.58. The molecule has 0 unspecified atom stereocenters. The molecule has 0 fully saturated rings. The maximum absolute atomic E-state index is 14.7. The fraction of sp³-hybridized carbons (Fsp3) is 0.0909. The summed E-state index contributed by atoms with van der Waals surface area (Å²) in [4.78, 5) is 0. The van der Waals surface area contributed by atoms with Crippen molar-refractivity contribution in [1.29, 1.82) is 0 Å². The minimum atomic E-state index is -2.08. The zero-order chi connectivity index (χ0) is 23.9. The lowest BCUT2D eigenvalue weighted by Gasteiger charge is -2.28. The Balaban J connectivity index is 1.66. The lowest BCUT2D eigenvalue weighted by molar-refractivity contribution is 0.625. The molecule has 5 aromatic carbocycles. The zero-order valence-corrected chi connectivity index (χ0v) is 20.6. The van der Waals surface area contributed by atoms with Crippen molar-refractivity contribution in [1.82, 2.24) is 0 Å². The summed E-state index contributed by atoms with van der Waals surface area (Å²) in [6.07, 6.45) is 2.61. The molecule has 0 aliphatic carbocycles. The minimum absolute atomic E-state index is 0.171. The molecule has 0 atom stereocenters. The minimum Gasteiger partial charge on any atom is -0.207 e. The lowest BCUT2D eigenvalue weighted by atomic mass is 10.0. The molecular weight excluding hydrogens is 446 g/mol. The van der Waals surface area contributed by atoms with E-state index in [0.717, 1.165) is 24.6 Å². The van der Waals surface area contributed by atoms with Gasteiger partial charge in [-0.3, -0.25) is 0 Å². The van der Waals surface area contributed by atoms with E-state index in [4.69, 9.17) is 0 Å². The fourth-order valence-corrected chi connectivity index (χ4v) is 9.22. The van der Waals surface area contributed by atoms with Crippen LogP contribution in [-0.4, -0.2) is 0 Å². The highest BCUT2D eigenvalue weighted by atomic mass is 31.2. The molecule has 0 aliphatic rings. The molecule has 0 N–H and O–H groups in total. The Bertz CT molecular complexity index is 1250. The Morgan fingerprint density at radius 3 is 1.40 bits per heavy atom. The third kappa shape index (κ3) is 5.11. The quantitative estimate of drug-likeness (QED) is 0.210. The fourth-order valence-electron chi connectivity index (χ4n) is 4.93. The summed E-state index contributed by atoms with van der Waals surface area (Å²) in [5, 5.41) is 3.95. The molecule has 35 heavy (non-hydrogen) atoms. The summed E-state index contributed by atoms with van der Waals surface area (Å²) in [6.45, 7) is 0. The molecule has 2 heteroatoms. The van der Waals surface area contributed by atoms with E-state index in [1.807, 2.05) is 12.1 Å². The molecule has 0 radical (unpaired) electrons. The van der Waals surface area contributed by atoms with Crippen LogP contribution in [0.1, 0.15) is 16.7 Å². The number of rotatable bonds is 8.